The van der Waals surface area contributed by atoms with Gasteiger partial charge >= 0.3 is 0 Å². The lowest BCUT2D eigenvalue weighted by Gasteiger charge is -2.11. The third-order valence-electron chi connectivity index (χ3n) is 3.81. The number of nitrogens with zero attached hydrogens (tertiary/aromatic N) is 4. The fourth-order valence-electron chi connectivity index (χ4n) is 2.34. The molecule has 2 atom stereocenters. The number of benzene rings is 1. The van der Waals surface area contributed by atoms with Crippen molar-refractivity contribution in [2.24, 2.45) is 10.9 Å². The van der Waals surface area contributed by atoms with Crippen molar-refractivity contribution in [3.63, 3.8) is 0 Å². The third kappa shape index (κ3) is 3.44. The predicted molar refractivity (Wildman–Crippen MR) is 86.9 cm³/mol. The van der Waals surface area contributed by atoms with Crippen LogP contribution >= 0.6 is 0 Å². The second-order valence-electron chi connectivity index (χ2n) is 5.61. The highest BCUT2D eigenvalue weighted by Gasteiger charge is 2.33. The number of hydrogen-bond donors (Lipinski definition) is 2. The highest BCUT2D eigenvalue weighted by atomic mass is 15.3. The van der Waals surface area contributed by atoms with Crippen LogP contribution in [0.1, 0.15) is 26.1 Å². The van der Waals surface area contributed by atoms with Crippen LogP contribution in [0.2, 0.25) is 0 Å². The summed E-state index contributed by atoms with van der Waals surface area (Å²) >= 11 is 0. The van der Waals surface area contributed by atoms with Crippen LogP contribution in [0, 0.1) is 5.92 Å². The van der Waals surface area contributed by atoms with Gasteiger partial charge in [0.1, 0.15) is 12.9 Å². The summed E-state index contributed by atoms with van der Waals surface area (Å²) in [7, 11) is 0. The van der Waals surface area contributed by atoms with E-state index in [1.807, 2.05) is 34.9 Å². The predicted octanol–water partition coefficient (Wildman–Crippen LogP) is 1.73. The van der Waals surface area contributed by atoms with E-state index in [2.05, 4.69) is 39.7 Å². The Bertz CT molecular complexity index is 633. The number of aliphatic imine (C=N–C) groups is 1. The number of hydrogen-bond acceptors (Lipinski definition) is 3. The van der Waals surface area contributed by atoms with Crippen molar-refractivity contribution in [1.29, 1.82) is 0 Å². The molecule has 0 aliphatic heterocycles. The summed E-state index contributed by atoms with van der Waals surface area (Å²) in [6, 6.07) is 10.6. The first-order valence-electron chi connectivity index (χ1n) is 7.77. The summed E-state index contributed by atoms with van der Waals surface area (Å²) in [6.07, 6.45) is 2.94. The molecule has 22 heavy (non-hydrogen) atoms. The Kier molecular flexibility index (Phi) is 4.37. The van der Waals surface area contributed by atoms with Crippen LogP contribution in [-0.2, 0) is 6.54 Å². The van der Waals surface area contributed by atoms with Gasteiger partial charge in [0, 0.05) is 18.3 Å². The summed E-state index contributed by atoms with van der Waals surface area (Å²) in [6.45, 7) is 5.65. The first kappa shape index (κ1) is 14.6. The van der Waals surface area contributed by atoms with E-state index >= 15 is 0 Å². The van der Waals surface area contributed by atoms with Crippen molar-refractivity contribution in [3.05, 3.63) is 42.5 Å². The van der Waals surface area contributed by atoms with Crippen LogP contribution in [0.4, 0.5) is 0 Å². The molecule has 1 fully saturated rings. The van der Waals surface area contributed by atoms with E-state index in [4.69, 9.17) is 0 Å². The normalized spacial score (nSPS) is 20.7. The number of aromatic nitrogens is 3. The average molecular weight is 298 g/mol. The zero-order chi connectivity index (χ0) is 15.4. The molecule has 2 N–H and O–H groups in total. The molecule has 116 valence electrons. The molecule has 6 nitrogen and oxygen atoms in total. The Morgan fingerprint density at radius 1 is 1.36 bits per heavy atom. The van der Waals surface area contributed by atoms with Crippen LogP contribution in [0.15, 0.2) is 41.7 Å². The standard InChI is InChI=1S/C16H22N6/c1-3-17-16(20-14-9-12(14)2)18-10-15-21-19-11-22(15)13-7-5-4-6-8-13/h4-8,11-12,14H,3,9-10H2,1-2H3,(H2,17,18,20). The van der Waals surface area contributed by atoms with E-state index in [9.17, 15) is 0 Å². The van der Waals surface area contributed by atoms with Gasteiger partial charge in [-0.25, -0.2) is 4.99 Å². The van der Waals surface area contributed by atoms with E-state index < -0.39 is 0 Å². The summed E-state index contributed by atoms with van der Waals surface area (Å²) in [5, 5.41) is 14.9. The minimum atomic E-state index is 0.491. The number of rotatable bonds is 5. The highest BCUT2D eigenvalue weighted by molar-refractivity contribution is 5.80. The van der Waals surface area contributed by atoms with Crippen molar-refractivity contribution in [1.82, 2.24) is 25.4 Å². The van der Waals surface area contributed by atoms with Crippen LogP contribution in [0.25, 0.3) is 5.69 Å². The van der Waals surface area contributed by atoms with Crippen LogP contribution in [0.3, 0.4) is 0 Å². The lowest BCUT2D eigenvalue weighted by Crippen LogP contribution is -2.39. The fraction of sp³-hybridized carbons (Fsp3) is 0.438. The molecule has 1 aliphatic rings. The molecule has 1 heterocycles. The Balaban J connectivity index is 1.72. The second-order valence-corrected chi connectivity index (χ2v) is 5.61. The largest absolute Gasteiger partial charge is 0.357 e. The maximum absolute atomic E-state index is 4.63. The molecule has 2 aromatic rings. The van der Waals surface area contributed by atoms with Crippen molar-refractivity contribution in [2.75, 3.05) is 6.54 Å². The summed E-state index contributed by atoms with van der Waals surface area (Å²) in [4.78, 5) is 4.63. The van der Waals surface area contributed by atoms with Gasteiger partial charge in [0.25, 0.3) is 0 Å². The Morgan fingerprint density at radius 3 is 2.82 bits per heavy atom. The molecule has 1 saturated carbocycles. The fourth-order valence-corrected chi connectivity index (χ4v) is 2.34. The molecule has 3 rings (SSSR count). The molecule has 0 bridgehead atoms. The number of guanidine groups is 1. The van der Waals surface area contributed by atoms with Crippen LogP contribution in [0.5, 0.6) is 0 Å². The molecule has 0 spiro atoms. The Labute approximate surface area is 130 Å². The molecular formula is C16H22N6. The third-order valence-corrected chi connectivity index (χ3v) is 3.81. The van der Waals surface area contributed by atoms with Gasteiger partial charge in [-0.3, -0.25) is 4.57 Å². The average Bonchev–Trinajstić information content (AvgIpc) is 3.03. The van der Waals surface area contributed by atoms with E-state index in [0.717, 1.165) is 29.9 Å². The van der Waals surface area contributed by atoms with Gasteiger partial charge in [0.2, 0.25) is 0 Å². The van der Waals surface area contributed by atoms with Crippen molar-refractivity contribution in [2.45, 2.75) is 32.9 Å². The van der Waals surface area contributed by atoms with E-state index in [1.165, 1.54) is 6.42 Å². The summed E-state index contributed by atoms with van der Waals surface area (Å²) in [5.74, 6) is 2.41. The smallest absolute Gasteiger partial charge is 0.191 e. The monoisotopic (exact) mass is 298 g/mol. The SMILES string of the molecule is CCNC(=NCc1nncn1-c1ccccc1)NC1CC1C. The lowest BCUT2D eigenvalue weighted by atomic mass is 10.3. The molecule has 6 heteroatoms. The minimum absolute atomic E-state index is 0.491. The van der Waals surface area contributed by atoms with E-state index in [-0.39, 0.29) is 0 Å². The van der Waals surface area contributed by atoms with Gasteiger partial charge in [0.05, 0.1) is 0 Å². The molecular weight excluding hydrogens is 276 g/mol. The van der Waals surface area contributed by atoms with Crippen LogP contribution in [-0.4, -0.2) is 33.3 Å². The summed E-state index contributed by atoms with van der Waals surface area (Å²) in [5.41, 5.74) is 1.05. The molecule has 0 amide bonds. The van der Waals surface area contributed by atoms with Crippen molar-refractivity contribution >= 4 is 5.96 Å². The second kappa shape index (κ2) is 6.60. The van der Waals surface area contributed by atoms with Gasteiger partial charge in [-0.1, -0.05) is 25.1 Å². The van der Waals surface area contributed by atoms with Gasteiger partial charge in [-0.15, -0.1) is 10.2 Å². The van der Waals surface area contributed by atoms with Gasteiger partial charge in [-0.05, 0) is 31.4 Å². The van der Waals surface area contributed by atoms with Crippen LogP contribution < -0.4 is 10.6 Å². The number of para-hydroxylation sites is 1. The maximum atomic E-state index is 4.63. The quantitative estimate of drug-likeness (QED) is 0.652. The topological polar surface area (TPSA) is 67.1 Å². The maximum Gasteiger partial charge on any atom is 0.191 e. The molecule has 0 saturated heterocycles. The Hall–Kier alpha value is -2.37. The zero-order valence-electron chi connectivity index (χ0n) is 13.0. The van der Waals surface area contributed by atoms with E-state index in [1.54, 1.807) is 6.33 Å². The molecule has 1 aliphatic carbocycles. The Morgan fingerprint density at radius 2 is 2.14 bits per heavy atom. The van der Waals surface area contributed by atoms with Gasteiger partial charge in [0.15, 0.2) is 11.8 Å². The minimum Gasteiger partial charge on any atom is -0.357 e. The highest BCUT2D eigenvalue weighted by Crippen LogP contribution is 2.28. The number of nitrogens with one attached hydrogen (secondary N) is 2. The van der Waals surface area contributed by atoms with Gasteiger partial charge in [-0.2, -0.15) is 0 Å². The first-order chi connectivity index (χ1) is 10.8. The molecule has 0 radical (unpaired) electrons. The molecule has 1 aromatic carbocycles. The molecule has 1 aromatic heterocycles. The first-order valence-corrected chi connectivity index (χ1v) is 7.77. The van der Waals surface area contributed by atoms with Crippen molar-refractivity contribution in [3.8, 4) is 5.69 Å². The zero-order valence-corrected chi connectivity index (χ0v) is 13.0. The van der Waals surface area contributed by atoms with Crippen molar-refractivity contribution < 1.29 is 0 Å². The molecule has 2 unspecified atom stereocenters. The lowest BCUT2D eigenvalue weighted by molar-refractivity contribution is 0.757. The van der Waals surface area contributed by atoms with Gasteiger partial charge < -0.3 is 10.6 Å². The van der Waals surface area contributed by atoms with E-state index in [0.29, 0.717) is 12.6 Å². The summed E-state index contributed by atoms with van der Waals surface area (Å²) < 4.78 is 1.97.